The van der Waals surface area contributed by atoms with Gasteiger partial charge in [0.1, 0.15) is 6.26 Å². The maximum atomic E-state index is 12.1. The molecule has 0 spiro atoms. The van der Waals surface area contributed by atoms with Gasteiger partial charge in [-0.15, -0.1) is 0 Å². The van der Waals surface area contributed by atoms with Crippen LogP contribution >= 0.6 is 0 Å². The molecule has 1 unspecified atom stereocenters. The Bertz CT molecular complexity index is 515. The summed E-state index contributed by atoms with van der Waals surface area (Å²) in [4.78, 5) is 12.1. The number of nitrogens with one attached hydrogen (secondary N) is 1. The first kappa shape index (κ1) is 11.1. The van der Waals surface area contributed by atoms with Crippen molar-refractivity contribution in [1.82, 2.24) is 5.32 Å². The summed E-state index contributed by atoms with van der Waals surface area (Å²) >= 11 is 0. The summed E-state index contributed by atoms with van der Waals surface area (Å²) in [6, 6.07) is 11.9. The van der Waals surface area contributed by atoms with Gasteiger partial charge in [-0.25, -0.2) is 0 Å². The third kappa shape index (κ3) is 2.30. The van der Waals surface area contributed by atoms with E-state index in [0.29, 0.717) is 11.5 Å². The van der Waals surface area contributed by atoms with Crippen molar-refractivity contribution in [1.29, 1.82) is 0 Å². The zero-order valence-corrected chi connectivity index (χ0v) is 10.0. The van der Waals surface area contributed by atoms with Crippen LogP contribution in [0.4, 0.5) is 0 Å². The van der Waals surface area contributed by atoms with E-state index < -0.39 is 0 Å². The fourth-order valence-corrected chi connectivity index (χ4v) is 2.18. The Morgan fingerprint density at radius 2 is 2.00 bits per heavy atom. The second-order valence-electron chi connectivity index (χ2n) is 4.71. The van der Waals surface area contributed by atoms with E-state index in [2.05, 4.69) is 17.4 Å². The molecule has 1 aromatic heterocycles. The molecule has 1 fully saturated rings. The van der Waals surface area contributed by atoms with E-state index in [-0.39, 0.29) is 11.9 Å². The van der Waals surface area contributed by atoms with E-state index >= 15 is 0 Å². The number of rotatable bonds is 4. The summed E-state index contributed by atoms with van der Waals surface area (Å²) in [5.74, 6) is 0.507. The van der Waals surface area contributed by atoms with Gasteiger partial charge in [-0.3, -0.25) is 4.79 Å². The van der Waals surface area contributed by atoms with E-state index in [0.717, 1.165) is 0 Å². The fourth-order valence-electron chi connectivity index (χ4n) is 2.18. The van der Waals surface area contributed by atoms with E-state index in [1.807, 2.05) is 18.2 Å². The smallest absolute Gasteiger partial charge is 0.255 e. The molecule has 1 saturated carbocycles. The fraction of sp³-hybridized carbons (Fsp3) is 0.267. The summed E-state index contributed by atoms with van der Waals surface area (Å²) in [5, 5.41) is 3.10. The molecule has 3 nitrogen and oxygen atoms in total. The third-order valence-corrected chi connectivity index (χ3v) is 3.32. The van der Waals surface area contributed by atoms with Crippen molar-refractivity contribution in [2.75, 3.05) is 0 Å². The van der Waals surface area contributed by atoms with Crippen LogP contribution in [0.25, 0.3) is 0 Å². The monoisotopic (exact) mass is 241 g/mol. The number of carbonyl (C=O) groups excluding carboxylic acids is 1. The van der Waals surface area contributed by atoms with Crippen molar-refractivity contribution in [2.24, 2.45) is 5.92 Å². The minimum atomic E-state index is -0.0653. The second-order valence-corrected chi connectivity index (χ2v) is 4.71. The van der Waals surface area contributed by atoms with Crippen LogP contribution in [-0.2, 0) is 0 Å². The Morgan fingerprint density at radius 3 is 2.61 bits per heavy atom. The molecular formula is C15H15NO2. The van der Waals surface area contributed by atoms with Crippen molar-refractivity contribution in [3.05, 3.63) is 60.1 Å². The normalized spacial score (nSPS) is 16.2. The van der Waals surface area contributed by atoms with Gasteiger partial charge in [0.05, 0.1) is 17.9 Å². The van der Waals surface area contributed by atoms with Gasteiger partial charge in [0.2, 0.25) is 0 Å². The predicted octanol–water partition coefficient (Wildman–Crippen LogP) is 3.16. The number of hydrogen-bond acceptors (Lipinski definition) is 2. The highest BCUT2D eigenvalue weighted by Gasteiger charge is 2.33. The molecule has 0 radical (unpaired) electrons. The summed E-state index contributed by atoms with van der Waals surface area (Å²) in [6.07, 6.45) is 5.37. The average molecular weight is 241 g/mol. The maximum Gasteiger partial charge on any atom is 0.255 e. The Labute approximate surface area is 106 Å². The lowest BCUT2D eigenvalue weighted by Crippen LogP contribution is -2.29. The SMILES string of the molecule is O=C(NC(c1ccccc1)C1CC1)c1ccoc1. The number of amides is 1. The van der Waals surface area contributed by atoms with Crippen LogP contribution in [0.1, 0.15) is 34.8 Å². The molecule has 18 heavy (non-hydrogen) atoms. The van der Waals surface area contributed by atoms with Crippen LogP contribution in [0, 0.1) is 5.92 Å². The summed E-state index contributed by atoms with van der Waals surface area (Å²) < 4.78 is 4.94. The first-order valence-corrected chi connectivity index (χ1v) is 6.22. The molecule has 92 valence electrons. The molecule has 1 aliphatic carbocycles. The van der Waals surface area contributed by atoms with Gasteiger partial charge < -0.3 is 9.73 Å². The lowest BCUT2D eigenvalue weighted by atomic mass is 10.0. The van der Waals surface area contributed by atoms with Gasteiger partial charge in [-0.1, -0.05) is 30.3 Å². The Morgan fingerprint density at radius 1 is 1.22 bits per heavy atom. The minimum absolute atomic E-state index is 0.0653. The maximum absolute atomic E-state index is 12.1. The lowest BCUT2D eigenvalue weighted by Gasteiger charge is -2.18. The van der Waals surface area contributed by atoms with Gasteiger partial charge in [0.15, 0.2) is 0 Å². The molecule has 0 bridgehead atoms. The standard InChI is InChI=1S/C15H15NO2/c17-15(13-8-9-18-10-13)16-14(12-6-7-12)11-4-2-1-3-5-11/h1-5,8-10,12,14H,6-7H2,(H,16,17). The molecule has 1 heterocycles. The van der Waals surface area contributed by atoms with E-state index in [1.54, 1.807) is 6.07 Å². The van der Waals surface area contributed by atoms with Gasteiger partial charge in [0, 0.05) is 0 Å². The molecule has 3 heteroatoms. The van der Waals surface area contributed by atoms with Crippen molar-refractivity contribution in [2.45, 2.75) is 18.9 Å². The third-order valence-electron chi connectivity index (χ3n) is 3.32. The van der Waals surface area contributed by atoms with E-state index in [9.17, 15) is 4.79 Å². The topological polar surface area (TPSA) is 42.2 Å². The Kier molecular flexibility index (Phi) is 2.89. The molecular weight excluding hydrogens is 226 g/mol. The van der Waals surface area contributed by atoms with Crippen LogP contribution in [0.3, 0.4) is 0 Å². The molecule has 1 amide bonds. The number of benzene rings is 1. The van der Waals surface area contributed by atoms with Crippen LogP contribution < -0.4 is 5.32 Å². The number of hydrogen-bond donors (Lipinski definition) is 1. The van der Waals surface area contributed by atoms with Crippen LogP contribution in [0.15, 0.2) is 53.3 Å². The first-order chi connectivity index (χ1) is 8.84. The molecule has 1 N–H and O–H groups in total. The predicted molar refractivity (Wildman–Crippen MR) is 68.1 cm³/mol. The highest BCUT2D eigenvalue weighted by atomic mass is 16.3. The van der Waals surface area contributed by atoms with Gasteiger partial charge in [-0.2, -0.15) is 0 Å². The first-order valence-electron chi connectivity index (χ1n) is 6.22. The number of carbonyl (C=O) groups is 1. The summed E-state index contributed by atoms with van der Waals surface area (Å²) in [5.41, 5.74) is 1.76. The largest absolute Gasteiger partial charge is 0.472 e. The zero-order chi connectivity index (χ0) is 12.4. The summed E-state index contributed by atoms with van der Waals surface area (Å²) in [6.45, 7) is 0. The minimum Gasteiger partial charge on any atom is -0.472 e. The van der Waals surface area contributed by atoms with Crippen molar-refractivity contribution < 1.29 is 9.21 Å². The molecule has 2 aromatic rings. The average Bonchev–Trinajstić information content (AvgIpc) is 3.10. The summed E-state index contributed by atoms with van der Waals surface area (Å²) in [7, 11) is 0. The van der Waals surface area contributed by atoms with Crippen molar-refractivity contribution in [3.8, 4) is 0 Å². The van der Waals surface area contributed by atoms with E-state index in [4.69, 9.17) is 4.42 Å². The van der Waals surface area contributed by atoms with Crippen LogP contribution in [-0.4, -0.2) is 5.91 Å². The number of furan rings is 1. The van der Waals surface area contributed by atoms with E-state index in [1.165, 1.54) is 30.9 Å². The van der Waals surface area contributed by atoms with Gasteiger partial charge in [-0.05, 0) is 30.4 Å². The van der Waals surface area contributed by atoms with Gasteiger partial charge >= 0.3 is 0 Å². The highest BCUT2D eigenvalue weighted by molar-refractivity contribution is 5.94. The highest BCUT2D eigenvalue weighted by Crippen LogP contribution is 2.41. The van der Waals surface area contributed by atoms with Crippen molar-refractivity contribution >= 4 is 5.91 Å². The van der Waals surface area contributed by atoms with Crippen molar-refractivity contribution in [3.63, 3.8) is 0 Å². The van der Waals surface area contributed by atoms with Crippen LogP contribution in [0.5, 0.6) is 0 Å². The molecule has 1 atom stereocenters. The Balaban J connectivity index is 1.77. The molecule has 0 saturated heterocycles. The lowest BCUT2D eigenvalue weighted by molar-refractivity contribution is 0.0931. The Hall–Kier alpha value is -2.03. The quantitative estimate of drug-likeness (QED) is 0.893. The molecule has 1 aromatic carbocycles. The second kappa shape index (κ2) is 4.69. The molecule has 3 rings (SSSR count). The van der Waals surface area contributed by atoms with Gasteiger partial charge in [0.25, 0.3) is 5.91 Å². The zero-order valence-electron chi connectivity index (χ0n) is 10.0. The van der Waals surface area contributed by atoms with Crippen LogP contribution in [0.2, 0.25) is 0 Å². The molecule has 0 aliphatic heterocycles. The molecule has 1 aliphatic rings.